The number of carbonyl (C=O) groups excluding carboxylic acids is 1. The summed E-state index contributed by atoms with van der Waals surface area (Å²) in [5.74, 6) is 0.222. The molecule has 0 spiro atoms. The summed E-state index contributed by atoms with van der Waals surface area (Å²) in [4.78, 5) is 12.2. The predicted molar refractivity (Wildman–Crippen MR) is 93.5 cm³/mol. The lowest BCUT2D eigenvalue weighted by Crippen LogP contribution is -2.37. The fourth-order valence-corrected chi connectivity index (χ4v) is 3.78. The standard InChI is InChI=1S/C18H27NO4S/c1-24(22,23)16-10-7-14(8-11-16)9-12-18(21)19-13-17(20)15-5-3-2-4-6-15/h7-8,10-11,15,17,20H,2-6,9,12-13H2,1H3,(H,19,21)/t17-/m1/s1. The van der Waals surface area contributed by atoms with Gasteiger partial charge in [0.2, 0.25) is 5.91 Å². The van der Waals surface area contributed by atoms with E-state index in [-0.39, 0.29) is 10.8 Å². The number of sulfone groups is 1. The first-order valence-electron chi connectivity index (χ1n) is 8.60. The molecule has 24 heavy (non-hydrogen) atoms. The monoisotopic (exact) mass is 353 g/mol. The van der Waals surface area contributed by atoms with E-state index in [1.165, 1.54) is 25.5 Å². The minimum atomic E-state index is -3.19. The molecule has 0 radical (unpaired) electrons. The van der Waals surface area contributed by atoms with Crippen LogP contribution in [0, 0.1) is 5.92 Å². The highest BCUT2D eigenvalue weighted by Gasteiger charge is 2.21. The third-order valence-corrected chi connectivity index (χ3v) is 5.82. The van der Waals surface area contributed by atoms with E-state index in [4.69, 9.17) is 0 Å². The largest absolute Gasteiger partial charge is 0.391 e. The van der Waals surface area contributed by atoms with Gasteiger partial charge in [0, 0.05) is 19.2 Å². The Morgan fingerprint density at radius 1 is 1.21 bits per heavy atom. The molecule has 2 rings (SSSR count). The topological polar surface area (TPSA) is 83.5 Å². The Morgan fingerprint density at radius 3 is 2.42 bits per heavy atom. The van der Waals surface area contributed by atoms with Gasteiger partial charge >= 0.3 is 0 Å². The van der Waals surface area contributed by atoms with Crippen LogP contribution >= 0.6 is 0 Å². The van der Waals surface area contributed by atoms with E-state index in [9.17, 15) is 18.3 Å². The molecule has 134 valence electrons. The Balaban J connectivity index is 1.72. The van der Waals surface area contributed by atoms with Crippen LogP contribution in [0.15, 0.2) is 29.2 Å². The number of aryl methyl sites for hydroxylation is 1. The molecule has 0 aromatic heterocycles. The van der Waals surface area contributed by atoms with Crippen molar-refractivity contribution < 1.29 is 18.3 Å². The minimum absolute atomic E-state index is 0.0861. The molecule has 0 saturated heterocycles. The summed E-state index contributed by atoms with van der Waals surface area (Å²) in [7, 11) is -3.19. The van der Waals surface area contributed by atoms with Gasteiger partial charge in [0.1, 0.15) is 0 Å². The van der Waals surface area contributed by atoms with Crippen molar-refractivity contribution in [2.75, 3.05) is 12.8 Å². The summed E-state index contributed by atoms with van der Waals surface area (Å²) >= 11 is 0. The summed E-state index contributed by atoms with van der Waals surface area (Å²) in [6.07, 6.45) is 7.26. The molecule has 5 nitrogen and oxygen atoms in total. The molecule has 0 bridgehead atoms. The summed E-state index contributed by atoms with van der Waals surface area (Å²) < 4.78 is 22.8. The van der Waals surface area contributed by atoms with E-state index < -0.39 is 15.9 Å². The summed E-state index contributed by atoms with van der Waals surface area (Å²) in [5, 5.41) is 12.9. The molecule has 1 aromatic rings. The number of rotatable bonds is 7. The number of amides is 1. The van der Waals surface area contributed by atoms with Crippen LogP contribution in [0.5, 0.6) is 0 Å². The molecule has 1 aliphatic rings. The average Bonchev–Trinajstić information content (AvgIpc) is 2.58. The third-order valence-electron chi connectivity index (χ3n) is 4.69. The van der Waals surface area contributed by atoms with Crippen molar-refractivity contribution in [3.8, 4) is 0 Å². The molecular weight excluding hydrogens is 326 g/mol. The summed E-state index contributed by atoms with van der Waals surface area (Å²) in [5.41, 5.74) is 0.922. The van der Waals surface area contributed by atoms with Crippen LogP contribution in [-0.2, 0) is 21.1 Å². The number of hydrogen-bond donors (Lipinski definition) is 2. The van der Waals surface area contributed by atoms with E-state index in [1.807, 2.05) is 0 Å². The van der Waals surface area contributed by atoms with Crippen LogP contribution < -0.4 is 5.32 Å². The molecule has 6 heteroatoms. The van der Waals surface area contributed by atoms with Gasteiger partial charge in [-0.3, -0.25) is 4.79 Å². The number of benzene rings is 1. The normalized spacial score (nSPS) is 17.4. The molecule has 0 aliphatic heterocycles. The Hall–Kier alpha value is -1.40. The Bertz CT molecular complexity index is 633. The Morgan fingerprint density at radius 2 is 1.83 bits per heavy atom. The van der Waals surface area contributed by atoms with Crippen LogP contribution in [0.4, 0.5) is 0 Å². The number of carbonyl (C=O) groups is 1. The van der Waals surface area contributed by atoms with Gasteiger partial charge in [-0.2, -0.15) is 0 Å². The highest BCUT2D eigenvalue weighted by atomic mass is 32.2. The van der Waals surface area contributed by atoms with Crippen molar-refractivity contribution in [3.63, 3.8) is 0 Å². The maximum Gasteiger partial charge on any atom is 0.220 e. The van der Waals surface area contributed by atoms with Crippen LogP contribution in [-0.4, -0.2) is 38.3 Å². The van der Waals surface area contributed by atoms with E-state index in [0.29, 0.717) is 25.3 Å². The smallest absolute Gasteiger partial charge is 0.220 e. The summed E-state index contributed by atoms with van der Waals surface area (Å²) in [6, 6.07) is 6.60. The number of aliphatic hydroxyl groups excluding tert-OH is 1. The number of hydrogen-bond acceptors (Lipinski definition) is 4. The zero-order valence-corrected chi connectivity index (χ0v) is 15.0. The molecule has 1 aliphatic carbocycles. The maximum absolute atomic E-state index is 11.9. The lowest BCUT2D eigenvalue weighted by Gasteiger charge is -2.26. The van der Waals surface area contributed by atoms with Gasteiger partial charge in [0.05, 0.1) is 11.0 Å². The molecule has 1 amide bonds. The van der Waals surface area contributed by atoms with Crippen LogP contribution in [0.25, 0.3) is 0 Å². The van der Waals surface area contributed by atoms with Gasteiger partial charge in [-0.1, -0.05) is 31.4 Å². The maximum atomic E-state index is 11.9. The van der Waals surface area contributed by atoms with Gasteiger partial charge in [-0.05, 0) is 42.9 Å². The third kappa shape index (κ3) is 5.91. The lowest BCUT2D eigenvalue weighted by atomic mass is 9.85. The average molecular weight is 353 g/mol. The SMILES string of the molecule is CS(=O)(=O)c1ccc(CCC(=O)NC[C@@H](O)C2CCCCC2)cc1. The number of aliphatic hydroxyl groups is 1. The van der Waals surface area contributed by atoms with Crippen molar-refractivity contribution in [1.29, 1.82) is 0 Å². The Kier molecular flexibility index (Phi) is 6.80. The second kappa shape index (κ2) is 8.62. The molecular formula is C18H27NO4S. The minimum Gasteiger partial charge on any atom is -0.391 e. The fourth-order valence-electron chi connectivity index (χ4n) is 3.15. The molecule has 0 heterocycles. The van der Waals surface area contributed by atoms with E-state index in [1.54, 1.807) is 24.3 Å². The highest BCUT2D eigenvalue weighted by Crippen LogP contribution is 2.26. The van der Waals surface area contributed by atoms with Gasteiger partial charge in [-0.25, -0.2) is 8.42 Å². The summed E-state index contributed by atoms with van der Waals surface area (Å²) in [6.45, 7) is 0.316. The van der Waals surface area contributed by atoms with Crippen molar-refractivity contribution >= 4 is 15.7 Å². The van der Waals surface area contributed by atoms with E-state index >= 15 is 0 Å². The highest BCUT2D eigenvalue weighted by molar-refractivity contribution is 7.90. The first-order chi connectivity index (χ1) is 11.4. The molecule has 1 saturated carbocycles. The fraction of sp³-hybridized carbons (Fsp3) is 0.611. The Labute approximate surface area is 144 Å². The van der Waals surface area contributed by atoms with Crippen LogP contribution in [0.3, 0.4) is 0 Å². The van der Waals surface area contributed by atoms with Gasteiger partial charge in [-0.15, -0.1) is 0 Å². The van der Waals surface area contributed by atoms with E-state index in [2.05, 4.69) is 5.32 Å². The first-order valence-corrected chi connectivity index (χ1v) is 10.5. The molecule has 1 fully saturated rings. The quantitative estimate of drug-likeness (QED) is 0.786. The predicted octanol–water partition coefficient (Wildman–Crippen LogP) is 2.08. The molecule has 0 unspecified atom stereocenters. The van der Waals surface area contributed by atoms with Gasteiger partial charge in [0.15, 0.2) is 9.84 Å². The zero-order chi connectivity index (χ0) is 17.6. The van der Waals surface area contributed by atoms with Crippen molar-refractivity contribution in [3.05, 3.63) is 29.8 Å². The first kappa shape index (κ1) is 18.9. The molecule has 1 atom stereocenters. The molecule has 2 N–H and O–H groups in total. The number of nitrogens with one attached hydrogen (secondary N) is 1. The van der Waals surface area contributed by atoms with Gasteiger partial charge < -0.3 is 10.4 Å². The van der Waals surface area contributed by atoms with Crippen LogP contribution in [0.2, 0.25) is 0 Å². The van der Waals surface area contributed by atoms with Gasteiger partial charge in [0.25, 0.3) is 0 Å². The van der Waals surface area contributed by atoms with Crippen molar-refractivity contribution in [2.45, 2.75) is 55.9 Å². The van der Waals surface area contributed by atoms with Crippen molar-refractivity contribution in [2.24, 2.45) is 5.92 Å². The van der Waals surface area contributed by atoms with Crippen LogP contribution in [0.1, 0.15) is 44.1 Å². The lowest BCUT2D eigenvalue weighted by molar-refractivity contribution is -0.121. The van der Waals surface area contributed by atoms with Crippen molar-refractivity contribution in [1.82, 2.24) is 5.32 Å². The second-order valence-electron chi connectivity index (χ2n) is 6.69. The van der Waals surface area contributed by atoms with E-state index in [0.717, 1.165) is 18.4 Å². The molecule has 1 aromatic carbocycles. The second-order valence-corrected chi connectivity index (χ2v) is 8.70. The zero-order valence-electron chi connectivity index (χ0n) is 14.2.